The van der Waals surface area contributed by atoms with Crippen LogP contribution in [-0.4, -0.2) is 60.0 Å². The number of piperidine rings is 1. The van der Waals surface area contributed by atoms with E-state index in [2.05, 4.69) is 37.9 Å². The van der Waals surface area contributed by atoms with Gasteiger partial charge < -0.3 is 20.9 Å². The number of allylic oxidation sites excluding steroid dienone is 5. The number of nitrogens with zero attached hydrogens (tertiary/aromatic N) is 4. The summed E-state index contributed by atoms with van der Waals surface area (Å²) < 4.78 is 40.6. The number of aryl methyl sites for hydroxylation is 1. The van der Waals surface area contributed by atoms with Crippen molar-refractivity contribution < 1.29 is 17.9 Å². The molecule has 1 fully saturated rings. The SMILES string of the molecule is Cc1nc(NCC2CCN(C)CC2)ccc1NC1=NC=C2C[N+](=O)C3=C(C=C2N1)C=C(C(F)(F)F)CC3. The van der Waals surface area contributed by atoms with Gasteiger partial charge in [0.2, 0.25) is 18.2 Å². The number of halogens is 3. The highest BCUT2D eigenvalue weighted by atomic mass is 19.4. The average Bonchev–Trinajstić information content (AvgIpc) is 2.99. The monoisotopic (exact) mass is 514 g/mol. The van der Waals surface area contributed by atoms with Gasteiger partial charge in [0.15, 0.2) is 0 Å². The van der Waals surface area contributed by atoms with E-state index < -0.39 is 11.7 Å². The molecule has 0 unspecified atom stereocenters. The first-order valence-electron chi connectivity index (χ1n) is 12.5. The number of likely N-dealkylation sites (tertiary alicyclic amines) is 1. The Kier molecular flexibility index (Phi) is 6.89. The molecule has 0 bridgehead atoms. The van der Waals surface area contributed by atoms with E-state index in [4.69, 9.17) is 0 Å². The van der Waals surface area contributed by atoms with E-state index in [1.165, 1.54) is 12.8 Å². The highest BCUT2D eigenvalue weighted by Gasteiger charge is 2.39. The normalized spacial score (nSPS) is 21.1. The van der Waals surface area contributed by atoms with Gasteiger partial charge in [0.1, 0.15) is 5.82 Å². The van der Waals surface area contributed by atoms with Gasteiger partial charge in [0.05, 0.1) is 22.7 Å². The molecule has 1 aromatic heterocycles. The summed E-state index contributed by atoms with van der Waals surface area (Å²) in [4.78, 5) is 24.0. The number of guanidine groups is 1. The zero-order valence-corrected chi connectivity index (χ0v) is 21.0. The van der Waals surface area contributed by atoms with E-state index in [0.29, 0.717) is 28.8 Å². The molecule has 0 amide bonds. The molecule has 11 heteroatoms. The second kappa shape index (κ2) is 10.1. The summed E-state index contributed by atoms with van der Waals surface area (Å²) in [7, 11) is 2.15. The van der Waals surface area contributed by atoms with Crippen molar-refractivity contribution in [2.24, 2.45) is 10.9 Å². The Hall–Kier alpha value is -3.47. The lowest BCUT2D eigenvalue weighted by molar-refractivity contribution is -0.493. The zero-order chi connectivity index (χ0) is 26.2. The molecule has 4 heterocycles. The molecule has 0 saturated carbocycles. The minimum Gasteiger partial charge on any atom is -0.370 e. The molecule has 1 aromatic rings. The van der Waals surface area contributed by atoms with Gasteiger partial charge in [-0.2, -0.15) is 13.2 Å². The fraction of sp³-hybridized carbons (Fsp3) is 0.462. The van der Waals surface area contributed by atoms with Gasteiger partial charge in [-0.05, 0) is 76.5 Å². The molecule has 37 heavy (non-hydrogen) atoms. The number of nitroso groups, excluding NO2 is 1. The maximum atomic E-state index is 13.3. The number of rotatable bonds is 4. The number of pyridine rings is 1. The Morgan fingerprint density at radius 1 is 1.19 bits per heavy atom. The van der Waals surface area contributed by atoms with E-state index in [1.807, 2.05) is 19.1 Å². The van der Waals surface area contributed by atoms with Crippen molar-refractivity contribution >= 4 is 17.5 Å². The molecule has 0 spiro atoms. The number of fused-ring (bicyclic) bond motifs is 1. The van der Waals surface area contributed by atoms with Crippen LogP contribution in [0.3, 0.4) is 0 Å². The topological polar surface area (TPSA) is 84.7 Å². The third-order valence-corrected chi connectivity index (χ3v) is 7.27. The highest BCUT2D eigenvalue weighted by molar-refractivity contribution is 5.97. The summed E-state index contributed by atoms with van der Waals surface area (Å²) in [5.74, 6) is 1.86. The molecule has 0 atom stereocenters. The Morgan fingerprint density at radius 3 is 2.70 bits per heavy atom. The standard InChI is InChI=1S/C26H31F3N7O/c1-16-21(4-6-24(32-16)30-13-17-7-9-35(2)10-8-17)33-25-31-14-19-15-36(37)23-5-3-20(26(27,28)29)11-18(23)12-22(19)34-25/h4,6,11-12,14,17H,3,5,7-10,13,15H2,1-2H3,(H,30,32)(H2,31,33,34)/q+1. The van der Waals surface area contributed by atoms with Crippen LogP contribution in [-0.2, 0) is 0 Å². The van der Waals surface area contributed by atoms with Crippen LogP contribution in [0.15, 0.2) is 63.6 Å². The molecule has 3 aliphatic heterocycles. The number of aromatic nitrogens is 1. The fourth-order valence-corrected chi connectivity index (χ4v) is 4.97. The van der Waals surface area contributed by atoms with Gasteiger partial charge in [0.25, 0.3) is 0 Å². The summed E-state index contributed by atoms with van der Waals surface area (Å²) in [5.41, 5.74) is 2.70. The van der Waals surface area contributed by atoms with Gasteiger partial charge in [-0.15, -0.1) is 0 Å². The van der Waals surface area contributed by atoms with Crippen LogP contribution in [0.1, 0.15) is 31.4 Å². The number of hydrogen-bond donors (Lipinski definition) is 3. The number of nitrogens with one attached hydrogen (secondary N) is 3. The number of hydrogen-bond acceptors (Lipinski definition) is 7. The van der Waals surface area contributed by atoms with Crippen molar-refractivity contribution in [1.29, 1.82) is 0 Å². The number of alkyl halides is 3. The summed E-state index contributed by atoms with van der Waals surface area (Å²) in [6.45, 7) is 5.05. The zero-order valence-electron chi connectivity index (χ0n) is 21.0. The van der Waals surface area contributed by atoms with Crippen molar-refractivity contribution in [2.45, 2.75) is 38.8 Å². The van der Waals surface area contributed by atoms with Crippen molar-refractivity contribution in [1.82, 2.24) is 15.2 Å². The van der Waals surface area contributed by atoms with E-state index in [9.17, 15) is 18.1 Å². The van der Waals surface area contributed by atoms with Crippen molar-refractivity contribution in [2.75, 3.05) is 43.9 Å². The number of anilines is 2. The molecule has 0 radical (unpaired) electrons. The van der Waals surface area contributed by atoms with Gasteiger partial charge in [0, 0.05) is 40.0 Å². The van der Waals surface area contributed by atoms with Crippen LogP contribution in [0.25, 0.3) is 0 Å². The van der Waals surface area contributed by atoms with Crippen LogP contribution in [0, 0.1) is 17.7 Å². The number of aliphatic imine (C=N–C) groups is 1. The third kappa shape index (κ3) is 5.76. The Balaban J connectivity index is 1.27. The van der Waals surface area contributed by atoms with E-state index >= 15 is 0 Å². The summed E-state index contributed by atoms with van der Waals surface area (Å²) in [5, 5.41) is 9.79. The molecule has 3 N–H and O–H groups in total. The lowest BCUT2D eigenvalue weighted by atomic mass is 9.95. The van der Waals surface area contributed by atoms with Crippen molar-refractivity contribution in [3.8, 4) is 0 Å². The second-order valence-corrected chi connectivity index (χ2v) is 10.0. The Bertz CT molecular complexity index is 1250. The Morgan fingerprint density at radius 2 is 1.97 bits per heavy atom. The first-order chi connectivity index (χ1) is 17.7. The van der Waals surface area contributed by atoms with Crippen LogP contribution in [0.4, 0.5) is 24.7 Å². The molecule has 8 nitrogen and oxygen atoms in total. The lowest BCUT2D eigenvalue weighted by Crippen LogP contribution is -2.34. The summed E-state index contributed by atoms with van der Waals surface area (Å²) in [6, 6.07) is 3.83. The van der Waals surface area contributed by atoms with Gasteiger partial charge >= 0.3 is 6.18 Å². The van der Waals surface area contributed by atoms with Crippen LogP contribution >= 0.6 is 0 Å². The molecule has 4 aliphatic rings. The van der Waals surface area contributed by atoms with E-state index in [0.717, 1.165) is 47.7 Å². The first-order valence-corrected chi connectivity index (χ1v) is 12.5. The summed E-state index contributed by atoms with van der Waals surface area (Å²) in [6.07, 6.45) is 2.03. The maximum absolute atomic E-state index is 13.3. The fourth-order valence-electron chi connectivity index (χ4n) is 4.97. The van der Waals surface area contributed by atoms with Crippen molar-refractivity contribution in [3.63, 3.8) is 0 Å². The molecule has 5 rings (SSSR count). The average molecular weight is 515 g/mol. The predicted molar refractivity (Wildman–Crippen MR) is 137 cm³/mol. The van der Waals surface area contributed by atoms with E-state index in [1.54, 1.807) is 12.3 Å². The molecule has 1 saturated heterocycles. The lowest BCUT2D eigenvalue weighted by Gasteiger charge is -2.29. The molecule has 196 valence electrons. The highest BCUT2D eigenvalue weighted by Crippen LogP contribution is 2.37. The van der Waals surface area contributed by atoms with Gasteiger partial charge in [-0.3, -0.25) is 0 Å². The van der Waals surface area contributed by atoms with Crippen molar-refractivity contribution in [3.05, 3.63) is 69.2 Å². The third-order valence-electron chi connectivity index (χ3n) is 7.27. The van der Waals surface area contributed by atoms with Crippen LogP contribution in [0.2, 0.25) is 0 Å². The second-order valence-electron chi connectivity index (χ2n) is 10.0. The maximum Gasteiger partial charge on any atom is 0.412 e. The van der Waals surface area contributed by atoms with Gasteiger partial charge in [-0.25, -0.2) is 9.98 Å². The molecule has 0 aromatic carbocycles. The van der Waals surface area contributed by atoms with E-state index in [-0.39, 0.29) is 25.0 Å². The van der Waals surface area contributed by atoms with Gasteiger partial charge in [-0.1, -0.05) is 0 Å². The largest absolute Gasteiger partial charge is 0.412 e. The molecular formula is C26H31F3N7O+. The Labute approximate surface area is 213 Å². The molecule has 1 aliphatic carbocycles. The quantitative estimate of drug-likeness (QED) is 0.509. The first kappa shape index (κ1) is 25.2. The van der Waals surface area contributed by atoms with Crippen LogP contribution in [0.5, 0.6) is 0 Å². The summed E-state index contributed by atoms with van der Waals surface area (Å²) >= 11 is 0. The molecular weight excluding hydrogens is 483 g/mol. The minimum absolute atomic E-state index is 0.0157. The smallest absolute Gasteiger partial charge is 0.370 e. The van der Waals surface area contributed by atoms with Crippen LogP contribution < -0.4 is 16.0 Å². The minimum atomic E-state index is -4.41. The predicted octanol–water partition coefficient (Wildman–Crippen LogP) is 4.61.